The number of anilines is 3. The normalized spacial score (nSPS) is 14.4. The summed E-state index contributed by atoms with van der Waals surface area (Å²) >= 11 is 7.38. The summed E-state index contributed by atoms with van der Waals surface area (Å²) in [6, 6.07) is 19.1. The maximum Gasteiger partial charge on any atom is 0.255 e. The molecule has 0 saturated heterocycles. The topological polar surface area (TPSA) is 88.1 Å². The van der Waals surface area contributed by atoms with Crippen LogP contribution in [0.5, 0.6) is 0 Å². The summed E-state index contributed by atoms with van der Waals surface area (Å²) in [6.45, 7) is 0.478. The lowest BCUT2D eigenvalue weighted by atomic mass is 10.1. The Labute approximate surface area is 254 Å². The number of benzene rings is 3. The van der Waals surface area contributed by atoms with Gasteiger partial charge in [-0.3, -0.25) is 9.59 Å². The average Bonchev–Trinajstić information content (AvgIpc) is 3.55. The third-order valence-corrected chi connectivity index (χ3v) is 10.0. The van der Waals surface area contributed by atoms with Gasteiger partial charge in [0, 0.05) is 32.9 Å². The van der Waals surface area contributed by atoms with Crippen molar-refractivity contribution in [3.8, 4) is 0 Å². The first kappa shape index (κ1) is 28.0. The van der Waals surface area contributed by atoms with Crippen LogP contribution in [0, 0.1) is 3.57 Å². The Kier molecular flexibility index (Phi) is 8.53. The van der Waals surface area contributed by atoms with Crippen LogP contribution in [-0.4, -0.2) is 32.4 Å². The predicted molar refractivity (Wildman–Crippen MR) is 172 cm³/mol. The fourth-order valence-electron chi connectivity index (χ4n) is 4.90. The number of carbonyl (C=O) groups is 2. The molecule has 1 aromatic heterocycles. The molecular formula is C29H29BrIN5O2S. The van der Waals surface area contributed by atoms with Gasteiger partial charge in [-0.25, -0.2) is 4.98 Å². The molecule has 3 N–H and O–H groups in total. The maximum atomic E-state index is 13.0. The van der Waals surface area contributed by atoms with Gasteiger partial charge in [0.15, 0.2) is 0 Å². The van der Waals surface area contributed by atoms with Crippen LogP contribution < -0.4 is 16.0 Å². The van der Waals surface area contributed by atoms with Crippen molar-refractivity contribution in [3.05, 3.63) is 79.8 Å². The molecule has 7 nitrogen and oxygen atoms in total. The fraction of sp³-hybridized carbons (Fsp3) is 0.276. The highest BCUT2D eigenvalue weighted by molar-refractivity contribution is 14.1. The van der Waals surface area contributed by atoms with Crippen LogP contribution in [0.2, 0.25) is 0 Å². The van der Waals surface area contributed by atoms with Crippen molar-refractivity contribution in [1.82, 2.24) is 14.9 Å². The predicted octanol–water partition coefficient (Wildman–Crippen LogP) is 7.23. The molecule has 0 spiro atoms. The van der Waals surface area contributed by atoms with Crippen LogP contribution in [0.4, 0.5) is 17.3 Å². The van der Waals surface area contributed by atoms with Gasteiger partial charge in [-0.15, -0.1) is 11.8 Å². The van der Waals surface area contributed by atoms with Gasteiger partial charge in [0.25, 0.3) is 5.91 Å². The van der Waals surface area contributed by atoms with Gasteiger partial charge in [-0.05, 0) is 102 Å². The molecule has 0 radical (unpaired) electrons. The molecule has 0 bridgehead atoms. The molecule has 10 heteroatoms. The SMILES string of the molecule is CSC1(C(=O)NCc2ccc(I)c(Nc3nc4cc(C(=O)Nc5ccc(Br)cc5)ccc4n3C)c2)CCCC1. The molecule has 3 aromatic carbocycles. The van der Waals surface area contributed by atoms with Crippen molar-refractivity contribution >= 4 is 90.5 Å². The highest BCUT2D eigenvalue weighted by atomic mass is 127. The number of nitrogens with zero attached hydrogens (tertiary/aromatic N) is 2. The number of hydrogen-bond donors (Lipinski definition) is 3. The zero-order valence-corrected chi connectivity index (χ0v) is 26.2. The van der Waals surface area contributed by atoms with E-state index in [2.05, 4.69) is 60.5 Å². The second-order valence-corrected chi connectivity index (χ2v) is 13.0. The number of nitrogens with one attached hydrogen (secondary N) is 3. The largest absolute Gasteiger partial charge is 0.351 e. The third-order valence-electron chi connectivity index (χ3n) is 7.19. The number of amides is 2. The number of halogens is 2. The second-order valence-electron chi connectivity index (χ2n) is 9.69. The number of rotatable bonds is 8. The molecule has 0 atom stereocenters. The van der Waals surface area contributed by atoms with Crippen molar-refractivity contribution in [2.75, 3.05) is 16.9 Å². The van der Waals surface area contributed by atoms with E-state index in [1.54, 1.807) is 23.9 Å². The van der Waals surface area contributed by atoms with E-state index in [0.29, 0.717) is 18.1 Å². The Bertz CT molecular complexity index is 1530. The molecule has 1 aliphatic rings. The van der Waals surface area contributed by atoms with Crippen LogP contribution in [0.3, 0.4) is 0 Å². The number of thioether (sulfide) groups is 1. The van der Waals surface area contributed by atoms with Gasteiger partial charge in [0.05, 0.1) is 21.5 Å². The third kappa shape index (κ3) is 6.12. The van der Waals surface area contributed by atoms with Crippen molar-refractivity contribution in [2.45, 2.75) is 37.0 Å². The van der Waals surface area contributed by atoms with Gasteiger partial charge in [0.2, 0.25) is 11.9 Å². The van der Waals surface area contributed by atoms with E-state index in [1.807, 2.05) is 60.3 Å². The van der Waals surface area contributed by atoms with E-state index in [1.165, 1.54) is 0 Å². The van der Waals surface area contributed by atoms with E-state index in [0.717, 1.165) is 61.7 Å². The lowest BCUT2D eigenvalue weighted by Gasteiger charge is -2.25. The van der Waals surface area contributed by atoms with E-state index >= 15 is 0 Å². The minimum absolute atomic E-state index is 0.135. The minimum Gasteiger partial charge on any atom is -0.351 e. The number of carbonyl (C=O) groups excluding carboxylic acids is 2. The quantitative estimate of drug-likeness (QED) is 0.168. The average molecular weight is 718 g/mol. The maximum absolute atomic E-state index is 13.0. The molecule has 1 aliphatic carbocycles. The Morgan fingerprint density at radius 3 is 2.54 bits per heavy atom. The zero-order chi connectivity index (χ0) is 27.6. The zero-order valence-electron chi connectivity index (χ0n) is 21.7. The monoisotopic (exact) mass is 717 g/mol. The number of aryl methyl sites for hydroxylation is 1. The molecule has 5 rings (SSSR count). The number of imidazole rings is 1. The highest BCUT2D eigenvalue weighted by Crippen LogP contribution is 2.40. The molecular weight excluding hydrogens is 689 g/mol. The molecule has 0 aliphatic heterocycles. The Morgan fingerprint density at radius 2 is 1.82 bits per heavy atom. The lowest BCUT2D eigenvalue weighted by molar-refractivity contribution is -0.123. The smallest absolute Gasteiger partial charge is 0.255 e. The first-order valence-electron chi connectivity index (χ1n) is 12.7. The molecule has 1 saturated carbocycles. The standard InChI is InChI=1S/C29H29BrIN5O2S/c1-36-25-12-6-19(26(37)33-21-9-7-20(30)8-10-21)16-24(25)35-28(36)34-23-15-18(5-11-22(23)31)17-32-27(38)29(39-2)13-3-4-14-29/h5-12,15-16H,3-4,13-14,17H2,1-2H3,(H,32,38)(H,33,37)(H,34,35). The van der Waals surface area contributed by atoms with Gasteiger partial charge in [0.1, 0.15) is 0 Å². The molecule has 4 aromatic rings. The van der Waals surface area contributed by atoms with Crippen molar-refractivity contribution in [3.63, 3.8) is 0 Å². The first-order chi connectivity index (χ1) is 18.8. The van der Waals surface area contributed by atoms with Gasteiger partial charge < -0.3 is 20.5 Å². The summed E-state index contributed by atoms with van der Waals surface area (Å²) in [7, 11) is 1.94. The van der Waals surface area contributed by atoms with E-state index in [9.17, 15) is 9.59 Å². The van der Waals surface area contributed by atoms with Gasteiger partial charge >= 0.3 is 0 Å². The second kappa shape index (κ2) is 11.9. The first-order valence-corrected chi connectivity index (χ1v) is 15.8. The summed E-state index contributed by atoms with van der Waals surface area (Å²) < 4.78 is 3.68. The highest BCUT2D eigenvalue weighted by Gasteiger charge is 2.40. The Hall–Kier alpha value is -2.57. The molecule has 202 valence electrons. The van der Waals surface area contributed by atoms with E-state index in [-0.39, 0.29) is 16.6 Å². The summed E-state index contributed by atoms with van der Waals surface area (Å²) in [4.78, 5) is 30.6. The van der Waals surface area contributed by atoms with Gasteiger partial charge in [-0.2, -0.15) is 0 Å². The number of aromatic nitrogens is 2. The minimum atomic E-state index is -0.286. The lowest BCUT2D eigenvalue weighted by Crippen LogP contribution is -2.41. The Morgan fingerprint density at radius 1 is 1.08 bits per heavy atom. The van der Waals surface area contributed by atoms with Crippen LogP contribution >= 0.6 is 50.3 Å². The summed E-state index contributed by atoms with van der Waals surface area (Å²) in [5.74, 6) is 0.613. The van der Waals surface area contributed by atoms with Crippen LogP contribution in [-0.2, 0) is 18.4 Å². The van der Waals surface area contributed by atoms with Crippen molar-refractivity contribution < 1.29 is 9.59 Å². The number of hydrogen-bond acceptors (Lipinski definition) is 5. The van der Waals surface area contributed by atoms with Gasteiger partial charge in [-0.1, -0.05) is 34.8 Å². The van der Waals surface area contributed by atoms with Crippen LogP contribution in [0.1, 0.15) is 41.6 Å². The summed E-state index contributed by atoms with van der Waals surface area (Å²) in [5, 5.41) is 9.54. The van der Waals surface area contributed by atoms with Crippen LogP contribution in [0.25, 0.3) is 11.0 Å². The van der Waals surface area contributed by atoms with Crippen molar-refractivity contribution in [2.24, 2.45) is 7.05 Å². The molecule has 1 heterocycles. The fourth-order valence-corrected chi connectivity index (χ4v) is 6.59. The van der Waals surface area contributed by atoms with Crippen molar-refractivity contribution in [1.29, 1.82) is 0 Å². The van der Waals surface area contributed by atoms with Crippen LogP contribution in [0.15, 0.2) is 65.1 Å². The molecule has 1 fully saturated rings. The van der Waals surface area contributed by atoms with E-state index in [4.69, 9.17) is 4.98 Å². The number of fused-ring (bicyclic) bond motifs is 1. The Balaban J connectivity index is 1.31. The molecule has 2 amide bonds. The summed E-state index contributed by atoms with van der Waals surface area (Å²) in [6.07, 6.45) is 6.15. The molecule has 39 heavy (non-hydrogen) atoms. The molecule has 0 unspecified atom stereocenters. The van der Waals surface area contributed by atoms with E-state index < -0.39 is 0 Å². The summed E-state index contributed by atoms with van der Waals surface area (Å²) in [5.41, 5.74) is 4.83.